The van der Waals surface area contributed by atoms with Crippen molar-refractivity contribution in [2.45, 2.75) is 13.3 Å². The highest BCUT2D eigenvalue weighted by atomic mass is 16.5. The van der Waals surface area contributed by atoms with Crippen LogP contribution in [0.4, 0.5) is 0 Å². The van der Waals surface area contributed by atoms with Crippen molar-refractivity contribution >= 4 is 16.9 Å². The Morgan fingerprint density at radius 1 is 0.935 bits per heavy atom. The largest absolute Gasteiger partial charge is 0.496 e. The molecule has 0 aliphatic rings. The first-order valence-electron chi connectivity index (χ1n) is 9.76. The average molecular weight is 416 g/mol. The predicted molar refractivity (Wildman–Crippen MR) is 116 cm³/mol. The SMILES string of the molecule is CCc1ccc(Oc2coc3cc(OC(=O)c4ccccc4OC)ccc3c2=O)cc1. The lowest BCUT2D eigenvalue weighted by molar-refractivity contribution is 0.0731. The van der Waals surface area contributed by atoms with Gasteiger partial charge in [0.25, 0.3) is 0 Å². The lowest BCUT2D eigenvalue weighted by Crippen LogP contribution is -2.10. The van der Waals surface area contributed by atoms with Crippen LogP contribution in [0.5, 0.6) is 23.0 Å². The number of hydrogen-bond acceptors (Lipinski definition) is 6. The Morgan fingerprint density at radius 3 is 2.42 bits per heavy atom. The van der Waals surface area contributed by atoms with E-state index in [1.165, 1.54) is 31.1 Å². The minimum Gasteiger partial charge on any atom is -0.496 e. The zero-order chi connectivity index (χ0) is 21.8. The van der Waals surface area contributed by atoms with Crippen LogP contribution in [-0.4, -0.2) is 13.1 Å². The molecule has 0 spiro atoms. The van der Waals surface area contributed by atoms with Crippen LogP contribution >= 0.6 is 0 Å². The van der Waals surface area contributed by atoms with E-state index in [0.717, 1.165) is 6.42 Å². The summed E-state index contributed by atoms with van der Waals surface area (Å²) in [5.41, 5.74) is 1.44. The van der Waals surface area contributed by atoms with E-state index in [0.29, 0.717) is 22.4 Å². The molecule has 0 N–H and O–H groups in total. The van der Waals surface area contributed by atoms with Gasteiger partial charge in [0.2, 0.25) is 11.2 Å². The average Bonchev–Trinajstić information content (AvgIpc) is 2.81. The number of carbonyl (C=O) groups is 1. The van der Waals surface area contributed by atoms with E-state index in [2.05, 4.69) is 6.92 Å². The second kappa shape index (κ2) is 8.75. The fraction of sp³-hybridized carbons (Fsp3) is 0.120. The van der Waals surface area contributed by atoms with Crippen LogP contribution in [0.2, 0.25) is 0 Å². The number of methoxy groups -OCH3 is 1. The van der Waals surface area contributed by atoms with Crippen LogP contribution < -0.4 is 19.6 Å². The molecule has 4 aromatic rings. The summed E-state index contributed by atoms with van der Waals surface area (Å²) in [7, 11) is 1.48. The Bertz CT molecular complexity index is 1290. The third-order valence-electron chi connectivity index (χ3n) is 4.81. The molecule has 0 saturated heterocycles. The van der Waals surface area contributed by atoms with Crippen LogP contribution in [0, 0.1) is 0 Å². The van der Waals surface area contributed by atoms with E-state index in [1.807, 2.05) is 24.3 Å². The molecule has 0 unspecified atom stereocenters. The molecular formula is C25H20O6. The van der Waals surface area contributed by atoms with E-state index in [9.17, 15) is 9.59 Å². The van der Waals surface area contributed by atoms with Crippen molar-refractivity contribution in [2.24, 2.45) is 0 Å². The monoisotopic (exact) mass is 416 g/mol. The molecule has 31 heavy (non-hydrogen) atoms. The highest BCUT2D eigenvalue weighted by Crippen LogP contribution is 2.26. The Labute approximate surface area is 178 Å². The van der Waals surface area contributed by atoms with Crippen LogP contribution in [0.1, 0.15) is 22.8 Å². The van der Waals surface area contributed by atoms with Crippen molar-refractivity contribution in [3.05, 3.63) is 94.3 Å². The van der Waals surface area contributed by atoms with Gasteiger partial charge in [-0.05, 0) is 48.4 Å². The number of hydrogen-bond donors (Lipinski definition) is 0. The lowest BCUT2D eigenvalue weighted by atomic mass is 10.2. The summed E-state index contributed by atoms with van der Waals surface area (Å²) >= 11 is 0. The number of para-hydroxylation sites is 1. The molecule has 1 heterocycles. The Kier molecular flexibility index (Phi) is 5.71. The van der Waals surface area contributed by atoms with Gasteiger partial charge in [0.1, 0.15) is 34.7 Å². The normalized spacial score (nSPS) is 10.6. The van der Waals surface area contributed by atoms with Crippen molar-refractivity contribution in [3.8, 4) is 23.0 Å². The number of aryl methyl sites for hydroxylation is 1. The summed E-state index contributed by atoms with van der Waals surface area (Å²) < 4.78 is 21.9. The fourth-order valence-corrected chi connectivity index (χ4v) is 3.12. The highest BCUT2D eigenvalue weighted by molar-refractivity contribution is 5.94. The number of esters is 1. The summed E-state index contributed by atoms with van der Waals surface area (Å²) in [6, 6.07) is 18.8. The number of benzene rings is 3. The maximum absolute atomic E-state index is 12.8. The Hall–Kier alpha value is -4.06. The second-order valence-corrected chi connectivity index (χ2v) is 6.78. The molecular weight excluding hydrogens is 396 g/mol. The molecule has 0 bridgehead atoms. The minimum absolute atomic E-state index is 0.0792. The van der Waals surface area contributed by atoms with E-state index in [4.69, 9.17) is 18.6 Å². The van der Waals surface area contributed by atoms with Gasteiger partial charge >= 0.3 is 5.97 Å². The van der Waals surface area contributed by atoms with Gasteiger partial charge in [0, 0.05) is 6.07 Å². The third-order valence-corrected chi connectivity index (χ3v) is 4.81. The van der Waals surface area contributed by atoms with Gasteiger partial charge in [-0.2, -0.15) is 0 Å². The number of rotatable bonds is 6. The van der Waals surface area contributed by atoms with Crippen LogP contribution in [-0.2, 0) is 6.42 Å². The van der Waals surface area contributed by atoms with Crippen LogP contribution in [0.3, 0.4) is 0 Å². The van der Waals surface area contributed by atoms with Crippen LogP contribution in [0.25, 0.3) is 11.0 Å². The molecule has 0 fully saturated rings. The molecule has 0 saturated carbocycles. The molecule has 3 aromatic carbocycles. The van der Waals surface area contributed by atoms with Gasteiger partial charge in [-0.3, -0.25) is 4.79 Å². The second-order valence-electron chi connectivity index (χ2n) is 6.78. The maximum Gasteiger partial charge on any atom is 0.347 e. The molecule has 0 amide bonds. The maximum atomic E-state index is 12.8. The Morgan fingerprint density at radius 2 is 1.68 bits per heavy atom. The number of carbonyl (C=O) groups excluding carboxylic acids is 1. The topological polar surface area (TPSA) is 75.0 Å². The molecule has 1 aromatic heterocycles. The first kappa shape index (κ1) is 20.2. The van der Waals surface area contributed by atoms with E-state index >= 15 is 0 Å². The summed E-state index contributed by atoms with van der Waals surface area (Å²) in [5.74, 6) is 0.709. The summed E-state index contributed by atoms with van der Waals surface area (Å²) in [5, 5.41) is 0.319. The summed E-state index contributed by atoms with van der Waals surface area (Å²) in [6.07, 6.45) is 2.17. The van der Waals surface area contributed by atoms with Gasteiger partial charge in [-0.15, -0.1) is 0 Å². The first-order valence-corrected chi connectivity index (χ1v) is 9.76. The molecule has 4 rings (SSSR count). The van der Waals surface area contributed by atoms with E-state index < -0.39 is 5.97 Å². The number of ether oxygens (including phenoxy) is 3. The smallest absolute Gasteiger partial charge is 0.347 e. The standard InChI is InChI=1S/C25H20O6/c1-3-16-8-10-17(11-9-16)30-23-15-29-22-14-18(12-13-19(22)24(23)26)31-25(27)20-6-4-5-7-21(20)28-2/h4-15H,3H2,1-2H3. The fourth-order valence-electron chi connectivity index (χ4n) is 3.12. The van der Waals surface area contributed by atoms with Crippen molar-refractivity contribution < 1.29 is 23.4 Å². The molecule has 0 radical (unpaired) electrons. The zero-order valence-electron chi connectivity index (χ0n) is 17.1. The van der Waals surface area contributed by atoms with Crippen molar-refractivity contribution in [2.75, 3.05) is 7.11 Å². The zero-order valence-corrected chi connectivity index (χ0v) is 17.1. The summed E-state index contributed by atoms with van der Waals surface area (Å²) in [6.45, 7) is 2.07. The van der Waals surface area contributed by atoms with Crippen molar-refractivity contribution in [1.29, 1.82) is 0 Å². The van der Waals surface area contributed by atoms with Gasteiger partial charge in [0.05, 0.1) is 12.5 Å². The number of fused-ring (bicyclic) bond motifs is 1. The van der Waals surface area contributed by atoms with Gasteiger partial charge in [-0.1, -0.05) is 31.2 Å². The van der Waals surface area contributed by atoms with E-state index in [1.54, 1.807) is 30.3 Å². The van der Waals surface area contributed by atoms with E-state index in [-0.39, 0.29) is 22.5 Å². The molecule has 156 valence electrons. The Balaban J connectivity index is 1.58. The van der Waals surface area contributed by atoms with Gasteiger partial charge in [-0.25, -0.2) is 4.79 Å². The molecule has 0 atom stereocenters. The molecule has 6 nitrogen and oxygen atoms in total. The molecule has 0 aliphatic carbocycles. The minimum atomic E-state index is -0.574. The first-order chi connectivity index (χ1) is 15.1. The molecule has 6 heteroatoms. The van der Waals surface area contributed by atoms with Crippen LogP contribution in [0.15, 0.2) is 82.2 Å². The lowest BCUT2D eigenvalue weighted by Gasteiger charge is -2.09. The van der Waals surface area contributed by atoms with Gasteiger partial charge < -0.3 is 18.6 Å². The predicted octanol–water partition coefficient (Wildman–Crippen LogP) is 5.38. The quantitative estimate of drug-likeness (QED) is 0.310. The highest BCUT2D eigenvalue weighted by Gasteiger charge is 2.16. The van der Waals surface area contributed by atoms with Crippen molar-refractivity contribution in [3.63, 3.8) is 0 Å². The third kappa shape index (κ3) is 4.28. The summed E-state index contributed by atoms with van der Waals surface area (Å²) in [4.78, 5) is 25.3. The van der Waals surface area contributed by atoms with Crippen molar-refractivity contribution in [1.82, 2.24) is 0 Å². The van der Waals surface area contributed by atoms with Gasteiger partial charge in [0.15, 0.2) is 0 Å². The molecule has 0 aliphatic heterocycles.